The predicted octanol–water partition coefficient (Wildman–Crippen LogP) is 5.53. The number of rotatable bonds is 2. The smallest absolute Gasteiger partial charge is 0.141 e. The number of aromatic nitrogens is 3. The molecule has 0 amide bonds. The molecule has 124 valence electrons. The Morgan fingerprint density at radius 1 is 0.960 bits per heavy atom. The minimum absolute atomic E-state index is 0.261. The second-order valence-corrected chi connectivity index (χ2v) is 6.18. The number of hydrogen-bond acceptors (Lipinski definition) is 2. The SMILES string of the molecule is Cc1cc(F)cc(-c2cnc(Cl)c(-c3nc4ccc(F)cc4[nH]3)c2)c1. The Morgan fingerprint density at radius 3 is 2.60 bits per heavy atom. The first-order valence-electron chi connectivity index (χ1n) is 7.58. The van der Waals surface area contributed by atoms with Gasteiger partial charge in [0, 0.05) is 11.8 Å². The summed E-state index contributed by atoms with van der Waals surface area (Å²) >= 11 is 6.22. The third-order valence-electron chi connectivity index (χ3n) is 3.91. The molecule has 0 radical (unpaired) electrons. The molecule has 0 aliphatic carbocycles. The first kappa shape index (κ1) is 15.7. The van der Waals surface area contributed by atoms with Crippen molar-refractivity contribution < 1.29 is 8.78 Å². The number of imidazole rings is 1. The maximum atomic E-state index is 13.7. The van der Waals surface area contributed by atoms with Crippen LogP contribution in [0.3, 0.4) is 0 Å². The number of H-pyrrole nitrogens is 1. The molecular formula is C19H12ClF2N3. The first-order chi connectivity index (χ1) is 12.0. The van der Waals surface area contributed by atoms with Crippen LogP contribution in [-0.4, -0.2) is 15.0 Å². The molecular weight excluding hydrogens is 344 g/mol. The summed E-state index contributed by atoms with van der Waals surface area (Å²) in [5.41, 5.74) is 3.99. The van der Waals surface area contributed by atoms with Gasteiger partial charge in [0.2, 0.25) is 0 Å². The van der Waals surface area contributed by atoms with Crippen LogP contribution < -0.4 is 0 Å². The highest BCUT2D eigenvalue weighted by molar-refractivity contribution is 6.32. The van der Waals surface area contributed by atoms with Crippen molar-refractivity contribution in [1.82, 2.24) is 15.0 Å². The maximum Gasteiger partial charge on any atom is 0.141 e. The summed E-state index contributed by atoms with van der Waals surface area (Å²) in [6.07, 6.45) is 1.59. The van der Waals surface area contributed by atoms with Crippen molar-refractivity contribution in [2.75, 3.05) is 0 Å². The molecule has 0 aliphatic rings. The molecule has 4 aromatic rings. The van der Waals surface area contributed by atoms with Crippen LogP contribution in [0, 0.1) is 18.6 Å². The fourth-order valence-electron chi connectivity index (χ4n) is 2.78. The fourth-order valence-corrected chi connectivity index (χ4v) is 2.98. The fraction of sp³-hybridized carbons (Fsp3) is 0.0526. The van der Waals surface area contributed by atoms with Crippen molar-refractivity contribution in [3.8, 4) is 22.5 Å². The predicted molar refractivity (Wildman–Crippen MR) is 94.4 cm³/mol. The number of pyridine rings is 1. The lowest BCUT2D eigenvalue weighted by atomic mass is 10.0. The zero-order chi connectivity index (χ0) is 17.6. The van der Waals surface area contributed by atoms with Gasteiger partial charge in [0.1, 0.15) is 22.6 Å². The van der Waals surface area contributed by atoms with Crippen molar-refractivity contribution >= 4 is 22.6 Å². The summed E-state index contributed by atoms with van der Waals surface area (Å²) in [4.78, 5) is 11.7. The number of fused-ring (bicyclic) bond motifs is 1. The molecule has 0 aliphatic heterocycles. The van der Waals surface area contributed by atoms with E-state index in [0.717, 1.165) is 5.56 Å². The van der Waals surface area contributed by atoms with E-state index >= 15 is 0 Å². The molecule has 6 heteroatoms. The number of nitrogens with one attached hydrogen (secondary N) is 1. The van der Waals surface area contributed by atoms with Gasteiger partial charge in [-0.05, 0) is 54.4 Å². The molecule has 4 rings (SSSR count). The zero-order valence-electron chi connectivity index (χ0n) is 13.1. The van der Waals surface area contributed by atoms with Crippen molar-refractivity contribution in [2.45, 2.75) is 6.92 Å². The standard InChI is InChI=1S/C19H12ClF2N3/c1-10-4-11(6-14(22)5-10)12-7-15(18(20)23-9-12)19-24-16-3-2-13(21)8-17(16)25-19/h2-9H,1H3,(H,24,25). The molecule has 3 nitrogen and oxygen atoms in total. The van der Waals surface area contributed by atoms with Crippen LogP contribution in [0.5, 0.6) is 0 Å². The Balaban J connectivity index is 1.86. The first-order valence-corrected chi connectivity index (χ1v) is 7.96. The van der Waals surface area contributed by atoms with E-state index in [-0.39, 0.29) is 16.8 Å². The number of aryl methyl sites for hydroxylation is 1. The van der Waals surface area contributed by atoms with Gasteiger partial charge in [-0.1, -0.05) is 17.7 Å². The van der Waals surface area contributed by atoms with Gasteiger partial charge >= 0.3 is 0 Å². The summed E-state index contributed by atoms with van der Waals surface area (Å²) in [6.45, 7) is 1.82. The van der Waals surface area contributed by atoms with E-state index in [0.29, 0.717) is 33.5 Å². The van der Waals surface area contributed by atoms with Crippen LogP contribution >= 0.6 is 11.6 Å². The highest BCUT2D eigenvalue weighted by Gasteiger charge is 2.13. The Labute approximate surface area is 147 Å². The van der Waals surface area contributed by atoms with Crippen LogP contribution in [0.4, 0.5) is 8.78 Å². The average molecular weight is 356 g/mol. The van der Waals surface area contributed by atoms with Crippen molar-refractivity contribution in [2.24, 2.45) is 0 Å². The van der Waals surface area contributed by atoms with Gasteiger partial charge in [0.05, 0.1) is 16.6 Å². The maximum absolute atomic E-state index is 13.7. The highest BCUT2D eigenvalue weighted by Crippen LogP contribution is 2.31. The third-order valence-corrected chi connectivity index (χ3v) is 4.21. The molecule has 2 heterocycles. The second kappa shape index (κ2) is 5.93. The molecule has 0 spiro atoms. The zero-order valence-corrected chi connectivity index (χ0v) is 13.9. The molecule has 2 aromatic carbocycles. The molecule has 0 atom stereocenters. The number of hydrogen-bond donors (Lipinski definition) is 1. The number of nitrogens with zero attached hydrogens (tertiary/aromatic N) is 2. The van der Waals surface area contributed by atoms with E-state index in [9.17, 15) is 8.78 Å². The Morgan fingerprint density at radius 2 is 1.80 bits per heavy atom. The van der Waals surface area contributed by atoms with Crippen LogP contribution in [-0.2, 0) is 0 Å². The van der Waals surface area contributed by atoms with Gasteiger partial charge in [0.15, 0.2) is 0 Å². The lowest BCUT2D eigenvalue weighted by Crippen LogP contribution is -1.90. The van der Waals surface area contributed by atoms with Crippen LogP contribution in [0.25, 0.3) is 33.5 Å². The quantitative estimate of drug-likeness (QED) is 0.480. The van der Waals surface area contributed by atoms with Gasteiger partial charge in [-0.15, -0.1) is 0 Å². The summed E-state index contributed by atoms with van der Waals surface area (Å²) in [5.74, 6) is -0.185. The minimum Gasteiger partial charge on any atom is -0.338 e. The van der Waals surface area contributed by atoms with Crippen molar-refractivity contribution in [1.29, 1.82) is 0 Å². The second-order valence-electron chi connectivity index (χ2n) is 5.83. The van der Waals surface area contributed by atoms with Gasteiger partial charge < -0.3 is 4.98 Å². The molecule has 0 saturated heterocycles. The van der Waals surface area contributed by atoms with Gasteiger partial charge in [0.25, 0.3) is 0 Å². The lowest BCUT2D eigenvalue weighted by molar-refractivity contribution is 0.627. The van der Waals surface area contributed by atoms with E-state index in [1.165, 1.54) is 24.3 Å². The van der Waals surface area contributed by atoms with E-state index in [2.05, 4.69) is 15.0 Å². The van der Waals surface area contributed by atoms with E-state index in [1.54, 1.807) is 18.3 Å². The molecule has 0 bridgehead atoms. The van der Waals surface area contributed by atoms with Crippen LogP contribution in [0.2, 0.25) is 5.15 Å². The lowest BCUT2D eigenvalue weighted by Gasteiger charge is -2.07. The molecule has 0 fully saturated rings. The normalized spacial score (nSPS) is 11.2. The Bertz CT molecular complexity index is 1080. The van der Waals surface area contributed by atoms with E-state index < -0.39 is 0 Å². The Hall–Kier alpha value is -2.79. The third kappa shape index (κ3) is 2.98. The van der Waals surface area contributed by atoms with Crippen LogP contribution in [0.1, 0.15) is 5.56 Å². The molecule has 0 unspecified atom stereocenters. The number of benzene rings is 2. The molecule has 0 saturated carbocycles. The van der Waals surface area contributed by atoms with E-state index in [4.69, 9.17) is 11.6 Å². The average Bonchev–Trinajstić information content (AvgIpc) is 2.97. The summed E-state index contributed by atoms with van der Waals surface area (Å²) in [7, 11) is 0. The monoisotopic (exact) mass is 355 g/mol. The minimum atomic E-state index is -0.351. The van der Waals surface area contributed by atoms with Gasteiger partial charge in [-0.2, -0.15) is 0 Å². The summed E-state index contributed by atoms with van der Waals surface area (Å²) in [6, 6.07) is 10.9. The molecule has 25 heavy (non-hydrogen) atoms. The molecule has 1 N–H and O–H groups in total. The largest absolute Gasteiger partial charge is 0.338 e. The summed E-state index contributed by atoms with van der Waals surface area (Å²) < 4.78 is 27.1. The topological polar surface area (TPSA) is 41.6 Å². The number of aromatic amines is 1. The Kier molecular flexibility index (Phi) is 3.73. The van der Waals surface area contributed by atoms with Crippen LogP contribution in [0.15, 0.2) is 48.7 Å². The molecule has 2 aromatic heterocycles. The van der Waals surface area contributed by atoms with Gasteiger partial charge in [-0.3, -0.25) is 0 Å². The van der Waals surface area contributed by atoms with Crippen molar-refractivity contribution in [3.05, 3.63) is 71.0 Å². The van der Waals surface area contributed by atoms with E-state index in [1.807, 2.05) is 13.0 Å². The van der Waals surface area contributed by atoms with Gasteiger partial charge in [-0.25, -0.2) is 18.7 Å². The highest BCUT2D eigenvalue weighted by atomic mass is 35.5. The summed E-state index contributed by atoms with van der Waals surface area (Å²) in [5, 5.41) is 0.261. The van der Waals surface area contributed by atoms with Crippen molar-refractivity contribution in [3.63, 3.8) is 0 Å². The number of halogens is 3.